The molecule has 98 valence electrons. The fourth-order valence-corrected chi connectivity index (χ4v) is 3.37. The molecule has 0 aromatic carbocycles. The van der Waals surface area contributed by atoms with Crippen molar-refractivity contribution in [1.29, 1.82) is 0 Å². The topological polar surface area (TPSA) is 0 Å². The zero-order valence-corrected chi connectivity index (χ0v) is 13.0. The van der Waals surface area contributed by atoms with E-state index in [1.54, 1.807) is 5.57 Å². The highest BCUT2D eigenvalue weighted by molar-refractivity contribution is 5.43. The molecule has 0 aromatic heterocycles. The predicted octanol–water partition coefficient (Wildman–Crippen LogP) is 5.46. The van der Waals surface area contributed by atoms with Crippen LogP contribution in [0.15, 0.2) is 23.3 Å². The third-order valence-corrected chi connectivity index (χ3v) is 4.43. The van der Waals surface area contributed by atoms with E-state index >= 15 is 0 Å². The Kier molecular flexibility index (Phi) is 4.28. The summed E-state index contributed by atoms with van der Waals surface area (Å²) in [5, 5.41) is 0. The molecular formula is C17H30. The second-order valence-corrected chi connectivity index (χ2v) is 6.80. The lowest BCUT2D eigenvalue weighted by atomic mass is 9.63. The van der Waals surface area contributed by atoms with Gasteiger partial charge in [0, 0.05) is 5.41 Å². The summed E-state index contributed by atoms with van der Waals surface area (Å²) in [4.78, 5) is 0. The molecule has 0 bridgehead atoms. The Morgan fingerprint density at radius 1 is 0.765 bits per heavy atom. The smallest absolute Gasteiger partial charge is 0.0148 e. The van der Waals surface area contributed by atoms with Crippen LogP contribution in [0.25, 0.3) is 0 Å². The third kappa shape index (κ3) is 2.37. The maximum atomic E-state index is 2.57. The lowest BCUT2D eigenvalue weighted by molar-refractivity contribution is 0.217. The molecule has 1 rings (SSSR count). The van der Waals surface area contributed by atoms with Crippen LogP contribution in [0, 0.1) is 29.1 Å². The van der Waals surface area contributed by atoms with Crippen molar-refractivity contribution in [2.24, 2.45) is 29.1 Å². The number of allylic oxidation sites excluding steroid dienone is 4. The van der Waals surface area contributed by atoms with E-state index < -0.39 is 0 Å². The van der Waals surface area contributed by atoms with Gasteiger partial charge in [-0.1, -0.05) is 73.1 Å². The molecule has 1 aliphatic carbocycles. The van der Waals surface area contributed by atoms with Gasteiger partial charge in [0.15, 0.2) is 0 Å². The zero-order valence-electron chi connectivity index (χ0n) is 13.0. The average Bonchev–Trinajstić information content (AvgIpc) is 2.58. The van der Waals surface area contributed by atoms with Gasteiger partial charge in [0.25, 0.3) is 0 Å². The maximum absolute atomic E-state index is 2.57. The first kappa shape index (κ1) is 14.5. The van der Waals surface area contributed by atoms with E-state index in [2.05, 4.69) is 67.5 Å². The molecule has 0 spiro atoms. The fraction of sp³-hybridized carbons (Fsp3) is 0.765. The first-order chi connectivity index (χ1) is 7.73. The summed E-state index contributed by atoms with van der Waals surface area (Å²) >= 11 is 0. The van der Waals surface area contributed by atoms with E-state index in [-0.39, 0.29) is 5.41 Å². The van der Waals surface area contributed by atoms with E-state index in [0.29, 0.717) is 23.7 Å². The van der Waals surface area contributed by atoms with Crippen molar-refractivity contribution in [3.8, 4) is 0 Å². The Morgan fingerprint density at radius 3 is 1.47 bits per heavy atom. The molecule has 0 saturated heterocycles. The van der Waals surface area contributed by atoms with E-state index in [4.69, 9.17) is 0 Å². The summed E-state index contributed by atoms with van der Waals surface area (Å²) in [6.07, 6.45) is 5.05. The van der Waals surface area contributed by atoms with Crippen LogP contribution >= 0.6 is 0 Å². The Hall–Kier alpha value is -0.520. The number of hydrogen-bond acceptors (Lipinski definition) is 0. The van der Waals surface area contributed by atoms with Crippen LogP contribution in [-0.4, -0.2) is 0 Å². The van der Waals surface area contributed by atoms with Crippen LogP contribution < -0.4 is 0 Å². The fourth-order valence-electron chi connectivity index (χ4n) is 3.37. The minimum atomic E-state index is 0.285. The molecule has 0 amide bonds. The molecule has 1 aliphatic rings. The van der Waals surface area contributed by atoms with Crippen molar-refractivity contribution in [2.45, 2.75) is 55.4 Å². The van der Waals surface area contributed by atoms with Gasteiger partial charge in [-0.15, -0.1) is 0 Å². The van der Waals surface area contributed by atoms with Crippen LogP contribution in [0.5, 0.6) is 0 Å². The molecule has 0 aliphatic heterocycles. The van der Waals surface area contributed by atoms with Crippen molar-refractivity contribution >= 4 is 0 Å². The molecule has 0 N–H and O–H groups in total. The summed E-state index contributed by atoms with van der Waals surface area (Å²) in [6.45, 7) is 18.8. The van der Waals surface area contributed by atoms with Gasteiger partial charge in [-0.05, 0) is 29.2 Å². The monoisotopic (exact) mass is 234 g/mol. The van der Waals surface area contributed by atoms with E-state index in [9.17, 15) is 0 Å². The molecule has 0 aromatic rings. The summed E-state index contributed by atoms with van der Waals surface area (Å²) in [6, 6.07) is 0. The first-order valence-corrected chi connectivity index (χ1v) is 7.18. The van der Waals surface area contributed by atoms with Crippen LogP contribution in [0.3, 0.4) is 0 Å². The zero-order chi connectivity index (χ0) is 13.4. The van der Waals surface area contributed by atoms with Crippen molar-refractivity contribution in [2.75, 3.05) is 0 Å². The molecule has 0 atom stereocenters. The lowest BCUT2D eigenvalue weighted by Gasteiger charge is -2.41. The standard InChI is InChI=1S/C17H30/c1-11(2)15-9-16(12(3)4)17(10-15,13(5)6)14(7)8/h9-14H,1-8H3. The van der Waals surface area contributed by atoms with Gasteiger partial charge in [-0.25, -0.2) is 0 Å². The molecule has 0 fully saturated rings. The predicted molar refractivity (Wildman–Crippen MR) is 78.0 cm³/mol. The molecular weight excluding hydrogens is 204 g/mol. The second kappa shape index (κ2) is 5.00. The SMILES string of the molecule is CC(C)C1=CC(C(C)C)(C(C)C)C(C(C)C)=C1. The van der Waals surface area contributed by atoms with Gasteiger partial charge in [0.05, 0.1) is 0 Å². The van der Waals surface area contributed by atoms with Gasteiger partial charge in [-0.3, -0.25) is 0 Å². The van der Waals surface area contributed by atoms with E-state index in [1.165, 1.54) is 5.57 Å². The van der Waals surface area contributed by atoms with Gasteiger partial charge < -0.3 is 0 Å². The Morgan fingerprint density at radius 2 is 1.24 bits per heavy atom. The third-order valence-electron chi connectivity index (χ3n) is 4.43. The Labute approximate surface area is 108 Å². The molecule has 0 nitrogen and oxygen atoms in total. The summed E-state index contributed by atoms with van der Waals surface area (Å²) in [5.41, 5.74) is 3.47. The van der Waals surface area contributed by atoms with Crippen molar-refractivity contribution < 1.29 is 0 Å². The van der Waals surface area contributed by atoms with E-state index in [1.807, 2.05) is 0 Å². The summed E-state index contributed by atoms with van der Waals surface area (Å²) < 4.78 is 0. The van der Waals surface area contributed by atoms with Gasteiger partial charge >= 0.3 is 0 Å². The van der Waals surface area contributed by atoms with Gasteiger partial charge in [0.2, 0.25) is 0 Å². The highest BCUT2D eigenvalue weighted by Gasteiger charge is 2.42. The van der Waals surface area contributed by atoms with Crippen molar-refractivity contribution in [3.05, 3.63) is 23.3 Å². The van der Waals surface area contributed by atoms with Crippen LogP contribution in [-0.2, 0) is 0 Å². The number of rotatable bonds is 4. The minimum absolute atomic E-state index is 0.285. The van der Waals surface area contributed by atoms with Crippen LogP contribution in [0.2, 0.25) is 0 Å². The normalized spacial score (nSPS) is 19.5. The second-order valence-electron chi connectivity index (χ2n) is 6.80. The molecule has 0 unspecified atom stereocenters. The molecule has 0 saturated carbocycles. The van der Waals surface area contributed by atoms with Gasteiger partial charge in [-0.2, -0.15) is 0 Å². The number of hydrogen-bond donors (Lipinski definition) is 0. The highest BCUT2D eigenvalue weighted by atomic mass is 14.5. The molecule has 0 heterocycles. The Bertz CT molecular complexity index is 316. The first-order valence-electron chi connectivity index (χ1n) is 7.18. The summed E-state index contributed by atoms with van der Waals surface area (Å²) in [7, 11) is 0. The average molecular weight is 234 g/mol. The van der Waals surface area contributed by atoms with Crippen molar-refractivity contribution in [3.63, 3.8) is 0 Å². The molecule has 0 radical (unpaired) electrons. The van der Waals surface area contributed by atoms with Crippen molar-refractivity contribution in [1.82, 2.24) is 0 Å². The quantitative estimate of drug-likeness (QED) is 0.605. The van der Waals surface area contributed by atoms with Crippen LogP contribution in [0.4, 0.5) is 0 Å². The van der Waals surface area contributed by atoms with Crippen LogP contribution in [0.1, 0.15) is 55.4 Å². The largest absolute Gasteiger partial charge is 0.0703 e. The maximum Gasteiger partial charge on any atom is 0.0148 e. The van der Waals surface area contributed by atoms with E-state index in [0.717, 1.165) is 0 Å². The van der Waals surface area contributed by atoms with Gasteiger partial charge in [0.1, 0.15) is 0 Å². The molecule has 0 heteroatoms. The molecule has 17 heavy (non-hydrogen) atoms. The lowest BCUT2D eigenvalue weighted by Crippen LogP contribution is -2.33. The Balaban J connectivity index is 3.32. The minimum Gasteiger partial charge on any atom is -0.0703 e. The summed E-state index contributed by atoms with van der Waals surface area (Å²) in [5.74, 6) is 2.63. The highest BCUT2D eigenvalue weighted by Crippen LogP contribution is 2.52.